The molecule has 5 nitrogen and oxygen atoms in total. The first-order valence-electron chi connectivity index (χ1n) is 20.9. The number of rotatable bonds is 32. The van der Waals surface area contributed by atoms with Crippen LogP contribution in [0.25, 0.3) is 5.78 Å². The highest BCUT2D eigenvalue weighted by molar-refractivity contribution is 5.49. The highest BCUT2D eigenvalue weighted by Gasteiger charge is 2.28. The third-order valence-corrected chi connectivity index (χ3v) is 11.1. The molecule has 0 spiro atoms. The third kappa shape index (κ3) is 18.1. The van der Waals surface area contributed by atoms with Crippen LogP contribution >= 0.6 is 0 Å². The fourth-order valence-corrected chi connectivity index (χ4v) is 7.98. The Morgan fingerprint density at radius 3 is 1.57 bits per heavy atom. The van der Waals surface area contributed by atoms with E-state index in [1.54, 1.807) is 10.8 Å². The van der Waals surface area contributed by atoms with E-state index in [0.29, 0.717) is 11.2 Å². The van der Waals surface area contributed by atoms with Crippen LogP contribution in [-0.2, 0) is 6.42 Å². The van der Waals surface area contributed by atoms with Gasteiger partial charge in [0, 0.05) is 11.3 Å². The second kappa shape index (κ2) is 26.2. The van der Waals surface area contributed by atoms with Crippen molar-refractivity contribution < 1.29 is 0 Å². The number of unbranched alkanes of at least 4 members (excludes halogenated alkanes) is 21. The van der Waals surface area contributed by atoms with Gasteiger partial charge in [-0.15, -0.1) is 0 Å². The topological polar surface area (TPSA) is 69.1 Å². The first-order valence-corrected chi connectivity index (χ1v) is 20.9. The van der Waals surface area contributed by atoms with Crippen molar-refractivity contribution in [2.24, 2.45) is 11.3 Å². The minimum Gasteiger partial charge on any atom is -0.383 e. The van der Waals surface area contributed by atoms with Gasteiger partial charge < -0.3 is 5.73 Å². The average Bonchev–Trinajstić information content (AvgIpc) is 3.53. The van der Waals surface area contributed by atoms with Crippen LogP contribution in [0.4, 0.5) is 5.82 Å². The SMILES string of the molecule is CCCCCCCCCCC(CCc1c(C)nc2ncnn2c1N)CC(C)(CCCCCCCCCC)CCCCCCCCCC. The predicted molar refractivity (Wildman–Crippen MR) is 206 cm³/mol. The molecule has 2 rings (SSSR count). The summed E-state index contributed by atoms with van der Waals surface area (Å²) in [5.41, 5.74) is 9.30. The standard InChI is InChI=1S/C42H79N5/c1-6-9-12-15-18-21-24-27-30-38(31-32-39-37(4)46-41-44-36-45-47(41)40(39)43)35-42(5,33-28-25-22-19-16-13-10-7-2)34-29-26-23-20-17-14-11-8-3/h36,38H,6-35,43H2,1-5H3. The van der Waals surface area contributed by atoms with Gasteiger partial charge in [-0.05, 0) is 50.4 Å². The van der Waals surface area contributed by atoms with Crippen LogP contribution in [0.3, 0.4) is 0 Å². The maximum atomic E-state index is 6.65. The Balaban J connectivity index is 2.03. The second-order valence-electron chi connectivity index (χ2n) is 15.7. The van der Waals surface area contributed by atoms with E-state index < -0.39 is 0 Å². The fourth-order valence-electron chi connectivity index (χ4n) is 7.98. The maximum absolute atomic E-state index is 6.65. The van der Waals surface area contributed by atoms with Crippen molar-refractivity contribution in [1.82, 2.24) is 19.6 Å². The molecule has 2 aromatic heterocycles. The summed E-state index contributed by atoms with van der Waals surface area (Å²) < 4.78 is 1.73. The van der Waals surface area contributed by atoms with Gasteiger partial charge in [-0.3, -0.25) is 0 Å². The molecule has 2 heterocycles. The van der Waals surface area contributed by atoms with Crippen LogP contribution in [0.15, 0.2) is 6.33 Å². The number of aromatic nitrogens is 4. The Kier molecular flexibility index (Phi) is 23.2. The van der Waals surface area contributed by atoms with Crippen molar-refractivity contribution in [2.75, 3.05) is 5.73 Å². The zero-order valence-electron chi connectivity index (χ0n) is 32.2. The van der Waals surface area contributed by atoms with Crippen molar-refractivity contribution in [3.05, 3.63) is 17.6 Å². The Morgan fingerprint density at radius 2 is 1.09 bits per heavy atom. The van der Waals surface area contributed by atoms with E-state index in [-0.39, 0.29) is 0 Å². The second-order valence-corrected chi connectivity index (χ2v) is 15.7. The van der Waals surface area contributed by atoms with Gasteiger partial charge in [0.05, 0.1) is 0 Å². The lowest BCUT2D eigenvalue weighted by Crippen LogP contribution is -2.22. The van der Waals surface area contributed by atoms with E-state index in [0.717, 1.165) is 23.9 Å². The number of nitrogen functional groups attached to an aromatic ring is 1. The van der Waals surface area contributed by atoms with Crippen molar-refractivity contribution in [1.29, 1.82) is 0 Å². The molecule has 0 fully saturated rings. The van der Waals surface area contributed by atoms with Crippen molar-refractivity contribution in [3.8, 4) is 0 Å². The smallest absolute Gasteiger partial charge is 0.254 e. The molecule has 2 N–H and O–H groups in total. The molecule has 47 heavy (non-hydrogen) atoms. The molecule has 0 amide bonds. The maximum Gasteiger partial charge on any atom is 0.254 e. The zero-order chi connectivity index (χ0) is 34.0. The molecule has 0 aromatic carbocycles. The molecule has 0 bridgehead atoms. The van der Waals surface area contributed by atoms with Crippen LogP contribution in [0.1, 0.15) is 225 Å². The molecule has 272 valence electrons. The molecule has 0 saturated carbocycles. The number of aryl methyl sites for hydroxylation is 1. The van der Waals surface area contributed by atoms with Crippen LogP contribution in [0.5, 0.6) is 0 Å². The van der Waals surface area contributed by atoms with Crippen LogP contribution < -0.4 is 5.73 Å². The highest BCUT2D eigenvalue weighted by Crippen LogP contribution is 2.41. The van der Waals surface area contributed by atoms with Crippen molar-refractivity contribution in [3.63, 3.8) is 0 Å². The van der Waals surface area contributed by atoms with Crippen LogP contribution in [-0.4, -0.2) is 19.6 Å². The quantitative estimate of drug-likeness (QED) is 0.0798. The minimum absolute atomic E-state index is 0.448. The number of fused-ring (bicyclic) bond motifs is 1. The molecule has 0 aliphatic rings. The Bertz CT molecular complexity index is 994. The van der Waals surface area contributed by atoms with Crippen molar-refractivity contribution in [2.45, 2.75) is 227 Å². The van der Waals surface area contributed by atoms with Gasteiger partial charge in [0.15, 0.2) is 0 Å². The summed E-state index contributed by atoms with van der Waals surface area (Å²) in [5.74, 6) is 2.09. The van der Waals surface area contributed by atoms with E-state index in [9.17, 15) is 0 Å². The van der Waals surface area contributed by atoms with Gasteiger partial charge in [0.2, 0.25) is 0 Å². The van der Waals surface area contributed by atoms with Gasteiger partial charge in [0.1, 0.15) is 12.1 Å². The molecule has 1 unspecified atom stereocenters. The largest absolute Gasteiger partial charge is 0.383 e. The Hall–Kier alpha value is -1.65. The van der Waals surface area contributed by atoms with Gasteiger partial charge in [-0.2, -0.15) is 14.6 Å². The van der Waals surface area contributed by atoms with Crippen LogP contribution in [0, 0.1) is 18.3 Å². The van der Waals surface area contributed by atoms with Gasteiger partial charge >= 0.3 is 0 Å². The Morgan fingerprint density at radius 1 is 0.638 bits per heavy atom. The molecule has 5 heteroatoms. The number of nitrogens with zero attached hydrogens (tertiary/aromatic N) is 4. The molecular weight excluding hydrogens is 574 g/mol. The molecule has 0 radical (unpaired) electrons. The summed E-state index contributed by atoms with van der Waals surface area (Å²) in [6, 6.07) is 0. The van der Waals surface area contributed by atoms with E-state index in [4.69, 9.17) is 10.7 Å². The summed E-state index contributed by atoms with van der Waals surface area (Å²) in [7, 11) is 0. The van der Waals surface area contributed by atoms with E-state index in [1.807, 2.05) is 0 Å². The first kappa shape index (κ1) is 41.5. The number of hydrogen-bond donors (Lipinski definition) is 1. The zero-order valence-corrected chi connectivity index (χ0v) is 32.2. The summed E-state index contributed by atoms with van der Waals surface area (Å²) in [6.07, 6.45) is 43.0. The van der Waals surface area contributed by atoms with E-state index in [1.165, 1.54) is 192 Å². The van der Waals surface area contributed by atoms with Gasteiger partial charge in [0.25, 0.3) is 5.78 Å². The highest BCUT2D eigenvalue weighted by atomic mass is 15.3. The van der Waals surface area contributed by atoms with Crippen LogP contribution in [0.2, 0.25) is 0 Å². The average molecular weight is 654 g/mol. The predicted octanol–water partition coefficient (Wildman–Crippen LogP) is 13.6. The molecule has 2 aromatic rings. The molecule has 1 atom stereocenters. The lowest BCUT2D eigenvalue weighted by atomic mass is 9.71. The normalized spacial score (nSPS) is 12.8. The summed E-state index contributed by atoms with van der Waals surface area (Å²) in [4.78, 5) is 9.03. The lowest BCUT2D eigenvalue weighted by molar-refractivity contribution is 0.177. The summed E-state index contributed by atoms with van der Waals surface area (Å²) in [5, 5.41) is 4.36. The molecule has 0 aliphatic heterocycles. The summed E-state index contributed by atoms with van der Waals surface area (Å²) in [6.45, 7) is 11.7. The monoisotopic (exact) mass is 654 g/mol. The Labute approximate surface area is 292 Å². The number of hydrogen-bond acceptors (Lipinski definition) is 4. The number of anilines is 1. The fraction of sp³-hybridized carbons (Fsp3) is 0.881. The molecular formula is C42H79N5. The summed E-state index contributed by atoms with van der Waals surface area (Å²) >= 11 is 0. The van der Waals surface area contributed by atoms with Gasteiger partial charge in [-0.25, -0.2) is 4.98 Å². The van der Waals surface area contributed by atoms with Gasteiger partial charge in [-0.1, -0.05) is 188 Å². The molecule has 0 aliphatic carbocycles. The number of nitrogens with two attached hydrogens (primary N) is 1. The lowest BCUT2D eigenvalue weighted by Gasteiger charge is -2.34. The van der Waals surface area contributed by atoms with Crippen molar-refractivity contribution >= 4 is 11.6 Å². The minimum atomic E-state index is 0.448. The third-order valence-electron chi connectivity index (χ3n) is 11.1. The van der Waals surface area contributed by atoms with E-state index >= 15 is 0 Å². The molecule has 0 saturated heterocycles. The van der Waals surface area contributed by atoms with E-state index in [2.05, 4.69) is 44.7 Å². The first-order chi connectivity index (χ1) is 22.9.